The molecule has 0 aromatic carbocycles. The molecule has 0 spiro atoms. The third-order valence-electron chi connectivity index (χ3n) is 1.58. The maximum absolute atomic E-state index is 11.2. The molecule has 2 nitrogen and oxygen atoms in total. The van der Waals surface area contributed by atoms with Gasteiger partial charge < -0.3 is 5.73 Å². The Balaban J connectivity index is 3.26. The quantitative estimate of drug-likeness (QED) is 0.644. The molecule has 5 heteroatoms. The largest absolute Gasteiger partial charge is 0.397 e. The van der Waals surface area contributed by atoms with Crippen molar-refractivity contribution in [2.45, 2.75) is 16.0 Å². The van der Waals surface area contributed by atoms with Gasteiger partial charge in [-0.05, 0) is 12.5 Å². The Labute approximate surface area is 90.3 Å². The van der Waals surface area contributed by atoms with E-state index >= 15 is 0 Å². The van der Waals surface area contributed by atoms with E-state index in [0.29, 0.717) is 10.6 Å². The molecule has 0 amide bonds. The van der Waals surface area contributed by atoms with Crippen molar-refractivity contribution in [3.8, 4) is 0 Å². The minimum Gasteiger partial charge on any atom is -0.397 e. The summed E-state index contributed by atoms with van der Waals surface area (Å²) >= 11 is 4.72. The Kier molecular flexibility index (Phi) is 3.70. The lowest BCUT2D eigenvalue weighted by Gasteiger charge is -1.97. The van der Waals surface area contributed by atoms with Gasteiger partial charge in [-0.3, -0.25) is 4.79 Å². The number of hydrogen-bond acceptors (Lipinski definition) is 5. The number of Topliss-reactive ketones (excluding diaryl/α,β-unsaturated/α-hetero) is 1. The Morgan fingerprint density at radius 1 is 1.38 bits per heavy atom. The smallest absolute Gasteiger partial charge is 0.171 e. The predicted octanol–water partition coefficient (Wildman–Crippen LogP) is 2.98. The van der Waals surface area contributed by atoms with Gasteiger partial charge in [0.05, 0.1) is 19.7 Å². The third-order valence-corrected chi connectivity index (χ3v) is 5.10. The number of rotatable bonds is 3. The van der Waals surface area contributed by atoms with Crippen molar-refractivity contribution in [2.24, 2.45) is 0 Å². The maximum atomic E-state index is 11.2. The molecule has 0 aliphatic rings. The molecule has 0 saturated carbocycles. The van der Waals surface area contributed by atoms with Crippen LogP contribution in [0.2, 0.25) is 0 Å². The van der Waals surface area contributed by atoms with Crippen LogP contribution in [0.1, 0.15) is 16.6 Å². The van der Waals surface area contributed by atoms with Crippen molar-refractivity contribution in [1.29, 1.82) is 0 Å². The van der Waals surface area contributed by atoms with Crippen LogP contribution in [-0.2, 0) is 0 Å². The Morgan fingerprint density at radius 2 is 2.00 bits per heavy atom. The summed E-state index contributed by atoms with van der Waals surface area (Å²) in [5.74, 6) is 0.0538. The number of anilines is 1. The number of hydrogen-bond donors (Lipinski definition) is 1. The summed E-state index contributed by atoms with van der Waals surface area (Å²) in [6.07, 6.45) is 3.97. The van der Waals surface area contributed by atoms with Crippen LogP contribution < -0.4 is 5.73 Å². The second-order valence-electron chi connectivity index (χ2n) is 2.43. The van der Waals surface area contributed by atoms with Crippen molar-refractivity contribution in [3.63, 3.8) is 0 Å². The lowest BCUT2D eigenvalue weighted by Crippen LogP contribution is -1.94. The van der Waals surface area contributed by atoms with Crippen LogP contribution in [0.5, 0.6) is 0 Å². The minimum absolute atomic E-state index is 0.0538. The molecule has 0 bridgehead atoms. The molecular weight excluding hydrogens is 222 g/mol. The van der Waals surface area contributed by atoms with Gasteiger partial charge >= 0.3 is 0 Å². The molecule has 13 heavy (non-hydrogen) atoms. The van der Waals surface area contributed by atoms with E-state index in [9.17, 15) is 4.79 Å². The molecule has 0 saturated heterocycles. The van der Waals surface area contributed by atoms with Crippen LogP contribution in [0, 0.1) is 0 Å². The monoisotopic (exact) mass is 233 g/mol. The van der Waals surface area contributed by atoms with E-state index in [1.165, 1.54) is 11.3 Å². The second-order valence-corrected chi connectivity index (χ2v) is 5.34. The zero-order valence-electron chi connectivity index (χ0n) is 7.71. The highest BCUT2D eigenvalue weighted by Gasteiger charge is 2.16. The van der Waals surface area contributed by atoms with Crippen LogP contribution in [0.4, 0.5) is 5.69 Å². The fraction of sp³-hybridized carbons (Fsp3) is 0.375. The highest BCUT2D eigenvalue weighted by molar-refractivity contribution is 8.03. The first-order valence-corrected chi connectivity index (χ1v) is 6.89. The molecule has 1 aromatic rings. The van der Waals surface area contributed by atoms with E-state index in [0.717, 1.165) is 9.10 Å². The van der Waals surface area contributed by atoms with Crippen LogP contribution in [0.3, 0.4) is 0 Å². The van der Waals surface area contributed by atoms with Crippen molar-refractivity contribution < 1.29 is 4.79 Å². The first-order valence-electron chi connectivity index (χ1n) is 3.63. The molecule has 72 valence electrons. The minimum atomic E-state index is 0.0538. The van der Waals surface area contributed by atoms with Crippen LogP contribution in [-0.4, -0.2) is 18.3 Å². The fourth-order valence-corrected chi connectivity index (χ4v) is 4.05. The first-order chi connectivity index (χ1) is 6.11. The molecule has 0 aliphatic carbocycles. The number of nitrogens with two attached hydrogens (primary N) is 1. The number of carbonyl (C=O) groups is 1. The number of ketones is 1. The summed E-state index contributed by atoms with van der Waals surface area (Å²) in [6, 6.07) is 0. The molecule has 0 fully saturated rings. The molecule has 0 aliphatic heterocycles. The van der Waals surface area contributed by atoms with Gasteiger partial charge in [0.2, 0.25) is 0 Å². The molecule has 0 atom stereocenters. The number of carbonyl (C=O) groups excluding carboxylic acids is 1. The highest BCUT2D eigenvalue weighted by Crippen LogP contribution is 2.42. The zero-order valence-corrected chi connectivity index (χ0v) is 10.2. The lowest BCUT2D eigenvalue weighted by molar-refractivity contribution is 0.102. The summed E-state index contributed by atoms with van der Waals surface area (Å²) in [4.78, 5) is 12.9. The van der Waals surface area contributed by atoms with Gasteiger partial charge in [-0.25, -0.2) is 0 Å². The zero-order chi connectivity index (χ0) is 10.0. The summed E-state index contributed by atoms with van der Waals surface area (Å²) in [7, 11) is 0. The number of thiophene rings is 1. The molecular formula is C8H11NOS3. The molecule has 1 heterocycles. The predicted molar refractivity (Wildman–Crippen MR) is 62.3 cm³/mol. The Hall–Kier alpha value is -0.130. The molecule has 0 unspecified atom stereocenters. The summed E-state index contributed by atoms with van der Waals surface area (Å²) in [5.41, 5.74) is 6.49. The van der Waals surface area contributed by atoms with Gasteiger partial charge in [-0.2, -0.15) is 0 Å². The second kappa shape index (κ2) is 4.39. The van der Waals surface area contributed by atoms with Gasteiger partial charge in [0.15, 0.2) is 5.78 Å². The van der Waals surface area contributed by atoms with Crippen molar-refractivity contribution in [1.82, 2.24) is 0 Å². The number of thioether (sulfide) groups is 2. The van der Waals surface area contributed by atoms with Gasteiger partial charge in [0, 0.05) is 6.92 Å². The van der Waals surface area contributed by atoms with Crippen LogP contribution in [0.15, 0.2) is 9.10 Å². The summed E-state index contributed by atoms with van der Waals surface area (Å²) in [5, 5.41) is 0. The molecule has 1 aromatic heterocycles. The van der Waals surface area contributed by atoms with Crippen LogP contribution in [0.25, 0.3) is 0 Å². The Morgan fingerprint density at radius 3 is 2.31 bits per heavy atom. The molecule has 1 rings (SSSR count). The Bertz CT molecular complexity index is 332. The van der Waals surface area contributed by atoms with Gasteiger partial charge in [-0.1, -0.05) is 0 Å². The van der Waals surface area contributed by atoms with E-state index in [4.69, 9.17) is 5.73 Å². The van der Waals surface area contributed by atoms with E-state index in [-0.39, 0.29) is 5.78 Å². The molecule has 2 N–H and O–H groups in total. The van der Waals surface area contributed by atoms with Gasteiger partial charge in [0.25, 0.3) is 0 Å². The third kappa shape index (κ3) is 2.03. The SMILES string of the molecule is CSc1sc(C(C)=O)c(N)c1SC. The van der Waals surface area contributed by atoms with Crippen LogP contribution >= 0.6 is 34.9 Å². The standard InChI is InChI=1S/C8H11NOS3/c1-4(10)6-5(9)7(11-2)8(12-3)13-6/h9H2,1-3H3. The van der Waals surface area contributed by atoms with E-state index in [1.807, 2.05) is 12.5 Å². The van der Waals surface area contributed by atoms with Crippen molar-refractivity contribution in [3.05, 3.63) is 4.88 Å². The average molecular weight is 233 g/mol. The van der Waals surface area contributed by atoms with Gasteiger partial charge in [-0.15, -0.1) is 34.9 Å². The fourth-order valence-electron chi connectivity index (χ4n) is 0.996. The number of nitrogen functional groups attached to an aromatic ring is 1. The first kappa shape index (κ1) is 10.9. The van der Waals surface area contributed by atoms with Gasteiger partial charge in [0.1, 0.15) is 0 Å². The average Bonchev–Trinajstić information content (AvgIpc) is 2.41. The summed E-state index contributed by atoms with van der Waals surface area (Å²) in [6.45, 7) is 1.55. The topological polar surface area (TPSA) is 43.1 Å². The van der Waals surface area contributed by atoms with Crippen molar-refractivity contribution >= 4 is 46.3 Å². The highest BCUT2D eigenvalue weighted by atomic mass is 32.2. The molecule has 0 radical (unpaired) electrons. The maximum Gasteiger partial charge on any atom is 0.171 e. The van der Waals surface area contributed by atoms with E-state index < -0.39 is 0 Å². The van der Waals surface area contributed by atoms with E-state index in [2.05, 4.69) is 0 Å². The normalized spacial score (nSPS) is 10.4. The lowest BCUT2D eigenvalue weighted by atomic mass is 10.3. The van der Waals surface area contributed by atoms with E-state index in [1.54, 1.807) is 30.4 Å². The summed E-state index contributed by atoms with van der Waals surface area (Å²) < 4.78 is 1.13. The van der Waals surface area contributed by atoms with Crippen molar-refractivity contribution in [2.75, 3.05) is 18.2 Å².